The van der Waals surface area contributed by atoms with E-state index in [-0.39, 0.29) is 30.7 Å². The van der Waals surface area contributed by atoms with Crippen molar-refractivity contribution in [3.8, 4) is 5.75 Å². The average molecular weight is 451 g/mol. The van der Waals surface area contributed by atoms with Crippen LogP contribution in [0.4, 0.5) is 10.5 Å². The monoisotopic (exact) mass is 450 g/mol. The van der Waals surface area contributed by atoms with E-state index in [9.17, 15) is 14.4 Å². The molecule has 2 N–H and O–H groups in total. The van der Waals surface area contributed by atoms with Crippen molar-refractivity contribution in [2.45, 2.75) is 18.4 Å². The summed E-state index contributed by atoms with van der Waals surface area (Å²) in [7, 11) is 0. The van der Waals surface area contributed by atoms with Crippen LogP contribution in [0.3, 0.4) is 0 Å². The molecule has 0 fully saturated rings. The smallest absolute Gasteiger partial charge is 0.434 e. The van der Waals surface area contributed by atoms with Gasteiger partial charge in [0.15, 0.2) is 0 Å². The number of hydrogen-bond acceptors (Lipinski definition) is 6. The number of carbonyl (C=O) groups is 3. The molecule has 0 bridgehead atoms. The van der Waals surface area contributed by atoms with Gasteiger partial charge in [-0.05, 0) is 55.0 Å². The van der Waals surface area contributed by atoms with Crippen molar-refractivity contribution in [3.05, 3.63) is 89.5 Å². The summed E-state index contributed by atoms with van der Waals surface area (Å²) in [6.45, 7) is 2.10. The topological polar surface area (TPSA) is 93.7 Å². The minimum atomic E-state index is -0.802. The Labute approximate surface area is 191 Å². The number of hydrogen-bond donors (Lipinski definition) is 3. The Morgan fingerprint density at radius 3 is 2.28 bits per heavy atom. The predicted molar refractivity (Wildman–Crippen MR) is 123 cm³/mol. The Morgan fingerprint density at radius 1 is 0.875 bits per heavy atom. The van der Waals surface area contributed by atoms with Gasteiger partial charge in [0.05, 0.1) is 12.2 Å². The van der Waals surface area contributed by atoms with Gasteiger partial charge >= 0.3 is 6.16 Å². The van der Waals surface area contributed by atoms with Crippen LogP contribution in [-0.4, -0.2) is 24.6 Å². The zero-order valence-electron chi connectivity index (χ0n) is 17.3. The number of rotatable bonds is 7. The fourth-order valence-corrected chi connectivity index (χ4v) is 3.11. The van der Waals surface area contributed by atoms with Gasteiger partial charge in [-0.2, -0.15) is 0 Å². The van der Waals surface area contributed by atoms with Crippen molar-refractivity contribution < 1.29 is 23.9 Å². The lowest BCUT2D eigenvalue weighted by Crippen LogP contribution is -2.24. The molecule has 0 heterocycles. The molecule has 3 rings (SSSR count). The number of nitrogens with one attached hydrogen (secondary N) is 2. The van der Waals surface area contributed by atoms with Crippen LogP contribution < -0.4 is 15.4 Å². The first-order valence-electron chi connectivity index (χ1n) is 9.88. The van der Waals surface area contributed by atoms with Crippen LogP contribution in [0.25, 0.3) is 0 Å². The average Bonchev–Trinajstić information content (AvgIpc) is 2.79. The summed E-state index contributed by atoms with van der Waals surface area (Å²) in [6.07, 6.45) is -0.802. The third-order valence-electron chi connectivity index (χ3n) is 4.43. The van der Waals surface area contributed by atoms with Crippen molar-refractivity contribution in [3.63, 3.8) is 0 Å². The SMILES string of the molecule is CCOC(=O)Oc1ccc(C(=O)NCc2ccccc2NC(=O)c2ccccc2S)cc1. The van der Waals surface area contributed by atoms with E-state index in [0.29, 0.717) is 21.7 Å². The summed E-state index contributed by atoms with van der Waals surface area (Å²) in [4.78, 5) is 37.0. The minimum absolute atomic E-state index is 0.207. The molecule has 32 heavy (non-hydrogen) atoms. The lowest BCUT2D eigenvalue weighted by Gasteiger charge is -2.13. The predicted octanol–water partition coefficient (Wildman–Crippen LogP) is 4.69. The third kappa shape index (κ3) is 6.12. The number of amides is 2. The molecule has 2 amide bonds. The van der Waals surface area contributed by atoms with Crippen molar-refractivity contribution in [2.24, 2.45) is 0 Å². The molecule has 0 aliphatic heterocycles. The molecule has 0 radical (unpaired) electrons. The number of thiol groups is 1. The molecule has 8 heteroatoms. The molecule has 0 unspecified atom stereocenters. The van der Waals surface area contributed by atoms with Gasteiger partial charge in [0.2, 0.25) is 0 Å². The molecule has 0 atom stereocenters. The molecule has 0 aromatic heterocycles. The van der Waals surface area contributed by atoms with E-state index in [1.807, 2.05) is 12.1 Å². The standard InChI is InChI=1S/C24H22N2O5S/c1-2-30-24(29)31-18-13-11-16(12-14-18)22(27)25-15-17-7-3-5-9-20(17)26-23(28)19-8-4-6-10-21(19)32/h3-14,32H,2,15H2,1H3,(H,25,27)(H,26,28). The molecule has 0 aliphatic carbocycles. The van der Waals surface area contributed by atoms with E-state index in [0.717, 1.165) is 5.56 Å². The van der Waals surface area contributed by atoms with Gasteiger partial charge < -0.3 is 20.1 Å². The summed E-state index contributed by atoms with van der Waals surface area (Å²) in [5.74, 6) is -0.321. The van der Waals surface area contributed by atoms with E-state index in [1.165, 1.54) is 12.1 Å². The summed E-state index contributed by atoms with van der Waals surface area (Å²) >= 11 is 4.32. The number of anilines is 1. The van der Waals surface area contributed by atoms with E-state index < -0.39 is 6.16 Å². The minimum Gasteiger partial charge on any atom is -0.434 e. The van der Waals surface area contributed by atoms with Crippen molar-refractivity contribution in [1.82, 2.24) is 5.32 Å². The van der Waals surface area contributed by atoms with E-state index >= 15 is 0 Å². The van der Waals surface area contributed by atoms with Crippen LogP contribution in [0.15, 0.2) is 77.7 Å². The Bertz CT molecular complexity index is 1120. The number of para-hydroxylation sites is 1. The molecule has 3 aromatic rings. The van der Waals surface area contributed by atoms with Gasteiger partial charge in [0.25, 0.3) is 11.8 Å². The van der Waals surface area contributed by atoms with E-state index in [2.05, 4.69) is 23.3 Å². The second-order valence-electron chi connectivity index (χ2n) is 6.62. The van der Waals surface area contributed by atoms with E-state index in [1.54, 1.807) is 55.5 Å². The number of ether oxygens (including phenoxy) is 2. The first-order valence-corrected chi connectivity index (χ1v) is 10.3. The lowest BCUT2D eigenvalue weighted by atomic mass is 10.1. The van der Waals surface area contributed by atoms with Crippen LogP contribution in [0.2, 0.25) is 0 Å². The highest BCUT2D eigenvalue weighted by Crippen LogP contribution is 2.19. The molecule has 0 spiro atoms. The highest BCUT2D eigenvalue weighted by atomic mass is 32.1. The lowest BCUT2D eigenvalue weighted by molar-refractivity contribution is 0.0950. The highest BCUT2D eigenvalue weighted by Gasteiger charge is 2.13. The largest absolute Gasteiger partial charge is 0.513 e. The summed E-state index contributed by atoms with van der Waals surface area (Å²) in [5, 5.41) is 5.69. The molecule has 164 valence electrons. The van der Waals surface area contributed by atoms with Crippen molar-refractivity contribution in [1.29, 1.82) is 0 Å². The van der Waals surface area contributed by atoms with Crippen LogP contribution in [0.1, 0.15) is 33.2 Å². The maximum Gasteiger partial charge on any atom is 0.513 e. The molecule has 0 saturated heterocycles. The van der Waals surface area contributed by atoms with Crippen LogP contribution in [0, 0.1) is 0 Å². The molecular weight excluding hydrogens is 428 g/mol. The van der Waals surface area contributed by atoms with Gasteiger partial charge in [-0.25, -0.2) is 4.79 Å². The quantitative estimate of drug-likeness (QED) is 0.276. The second-order valence-corrected chi connectivity index (χ2v) is 7.10. The summed E-state index contributed by atoms with van der Waals surface area (Å²) < 4.78 is 9.69. The van der Waals surface area contributed by atoms with Gasteiger partial charge in [0, 0.05) is 22.7 Å². The van der Waals surface area contributed by atoms with Gasteiger partial charge in [-0.3, -0.25) is 9.59 Å². The zero-order valence-corrected chi connectivity index (χ0v) is 18.2. The maximum atomic E-state index is 12.6. The van der Waals surface area contributed by atoms with Gasteiger partial charge in [0.1, 0.15) is 5.75 Å². The maximum absolute atomic E-state index is 12.6. The normalized spacial score (nSPS) is 10.2. The zero-order chi connectivity index (χ0) is 22.9. The Morgan fingerprint density at radius 2 is 1.56 bits per heavy atom. The highest BCUT2D eigenvalue weighted by molar-refractivity contribution is 7.80. The first-order chi connectivity index (χ1) is 15.5. The number of carbonyl (C=O) groups excluding carboxylic acids is 3. The molecule has 0 aliphatic rings. The Hall–Kier alpha value is -3.78. The third-order valence-corrected chi connectivity index (χ3v) is 4.82. The van der Waals surface area contributed by atoms with Crippen LogP contribution in [-0.2, 0) is 11.3 Å². The van der Waals surface area contributed by atoms with Crippen molar-refractivity contribution in [2.75, 3.05) is 11.9 Å². The molecule has 0 saturated carbocycles. The first kappa shape index (κ1) is 22.9. The molecular formula is C24H22N2O5S. The Kier molecular flexibility index (Phi) is 7.88. The summed E-state index contributed by atoms with van der Waals surface area (Å²) in [6, 6.07) is 20.3. The number of benzene rings is 3. The molecule has 7 nitrogen and oxygen atoms in total. The fraction of sp³-hybridized carbons (Fsp3) is 0.125. The van der Waals surface area contributed by atoms with Crippen molar-refractivity contribution >= 4 is 36.3 Å². The Balaban J connectivity index is 1.62. The fourth-order valence-electron chi connectivity index (χ4n) is 2.85. The second kappa shape index (κ2) is 11.0. The van der Waals surface area contributed by atoms with Gasteiger partial charge in [-0.1, -0.05) is 30.3 Å². The van der Waals surface area contributed by atoms with E-state index in [4.69, 9.17) is 9.47 Å². The summed E-state index contributed by atoms with van der Waals surface area (Å²) in [5.41, 5.74) is 2.19. The van der Waals surface area contributed by atoms with Crippen LogP contribution in [0.5, 0.6) is 5.75 Å². The van der Waals surface area contributed by atoms with Crippen LogP contribution >= 0.6 is 12.6 Å². The van der Waals surface area contributed by atoms with Gasteiger partial charge in [-0.15, -0.1) is 12.6 Å². The molecule has 3 aromatic carbocycles.